The maximum Gasteiger partial charge on any atom is 0.305 e. The number of hydrogen-bond donors (Lipinski definition) is 1. The molecule has 0 fully saturated rings. The van der Waals surface area contributed by atoms with Crippen molar-refractivity contribution in [2.75, 3.05) is 13.2 Å². The van der Waals surface area contributed by atoms with E-state index in [0.717, 1.165) is 44.9 Å². The van der Waals surface area contributed by atoms with E-state index in [1.165, 1.54) is 109 Å². The third kappa shape index (κ3) is 34.6. The van der Waals surface area contributed by atoms with E-state index >= 15 is 0 Å². The normalized spacial score (nSPS) is 12.5. The molecule has 0 aromatic carbocycles. The Hall–Kier alpha value is -1.88. The molecule has 0 bridgehead atoms. The maximum absolute atomic E-state index is 11.9. The predicted molar refractivity (Wildman–Crippen MR) is 187 cm³/mol. The number of carbonyl (C=O) groups is 2. The van der Waals surface area contributed by atoms with Gasteiger partial charge in [0.1, 0.15) is 19.3 Å². The van der Waals surface area contributed by atoms with Crippen LogP contribution < -0.4 is 0 Å². The molecule has 44 heavy (non-hydrogen) atoms. The molecule has 0 aliphatic heterocycles. The first-order valence-electron chi connectivity index (χ1n) is 18.5. The summed E-state index contributed by atoms with van der Waals surface area (Å²) in [5.41, 5.74) is 0. The summed E-state index contributed by atoms with van der Waals surface area (Å²) >= 11 is 0. The summed E-state index contributed by atoms with van der Waals surface area (Å²) < 4.78 is 10.3. The Morgan fingerprint density at radius 1 is 0.477 bits per heavy atom. The van der Waals surface area contributed by atoms with Crippen LogP contribution in [0.3, 0.4) is 0 Å². The van der Waals surface area contributed by atoms with Gasteiger partial charge in [-0.25, -0.2) is 0 Å². The highest BCUT2D eigenvalue weighted by Gasteiger charge is 2.12. The van der Waals surface area contributed by atoms with Crippen LogP contribution in [0.1, 0.15) is 181 Å². The molecule has 1 atom stereocenters. The Balaban J connectivity index is 3.46. The zero-order valence-electron chi connectivity index (χ0n) is 28.9. The first kappa shape index (κ1) is 42.1. The van der Waals surface area contributed by atoms with Crippen molar-refractivity contribution in [3.05, 3.63) is 36.5 Å². The largest absolute Gasteiger partial charge is 0.463 e. The standard InChI is InChI=1S/C39H70O5/c1-3-5-7-9-11-13-15-16-17-18-19-20-21-22-24-26-28-30-32-34-39(42)44-36-37(40)35-43-38(41)33-31-29-27-25-23-14-12-10-8-6-4-2/h11,13,16-17,25,27,37,40H,3-10,12,14-15,18-24,26,28-36H2,1-2H3/b13-11-,17-16-,27-25-/t37-/m1/s1. The van der Waals surface area contributed by atoms with Crippen LogP contribution in [0, 0.1) is 0 Å². The predicted octanol–water partition coefficient (Wildman–Crippen LogP) is 11.3. The van der Waals surface area contributed by atoms with Gasteiger partial charge in [-0.05, 0) is 64.2 Å². The quantitative estimate of drug-likeness (QED) is 0.0450. The number of rotatable bonds is 33. The summed E-state index contributed by atoms with van der Waals surface area (Å²) in [5, 5.41) is 9.97. The van der Waals surface area contributed by atoms with Crippen LogP contribution in [0.15, 0.2) is 36.5 Å². The fraction of sp³-hybridized carbons (Fsp3) is 0.795. The Labute approximate surface area is 272 Å². The number of unbranched alkanes of at least 4 members (excludes halogenated alkanes) is 19. The first-order valence-corrected chi connectivity index (χ1v) is 18.5. The van der Waals surface area contributed by atoms with Crippen LogP contribution in [0.2, 0.25) is 0 Å². The maximum atomic E-state index is 11.9. The molecule has 0 heterocycles. The van der Waals surface area contributed by atoms with E-state index < -0.39 is 6.10 Å². The van der Waals surface area contributed by atoms with Gasteiger partial charge in [0.2, 0.25) is 0 Å². The zero-order valence-corrected chi connectivity index (χ0v) is 28.9. The number of hydrogen-bond acceptors (Lipinski definition) is 5. The lowest BCUT2D eigenvalue weighted by Crippen LogP contribution is -2.25. The van der Waals surface area contributed by atoms with Crippen molar-refractivity contribution in [1.29, 1.82) is 0 Å². The lowest BCUT2D eigenvalue weighted by molar-refractivity contribution is -0.152. The van der Waals surface area contributed by atoms with Crippen molar-refractivity contribution in [3.63, 3.8) is 0 Å². The van der Waals surface area contributed by atoms with Crippen LogP contribution in [-0.4, -0.2) is 36.4 Å². The molecule has 0 aromatic heterocycles. The molecule has 0 radical (unpaired) electrons. The number of aliphatic hydroxyl groups is 1. The van der Waals surface area contributed by atoms with Gasteiger partial charge in [0.15, 0.2) is 0 Å². The third-order valence-electron chi connectivity index (χ3n) is 7.85. The highest BCUT2D eigenvalue weighted by atomic mass is 16.6. The van der Waals surface area contributed by atoms with Gasteiger partial charge in [-0.1, -0.05) is 140 Å². The van der Waals surface area contributed by atoms with Crippen LogP contribution in [0.4, 0.5) is 0 Å². The molecule has 0 saturated heterocycles. The highest BCUT2D eigenvalue weighted by Crippen LogP contribution is 2.12. The van der Waals surface area contributed by atoms with Gasteiger partial charge in [0.25, 0.3) is 0 Å². The Bertz CT molecular complexity index is 711. The average Bonchev–Trinajstić information content (AvgIpc) is 3.02. The van der Waals surface area contributed by atoms with E-state index in [0.29, 0.717) is 12.8 Å². The number of allylic oxidation sites excluding steroid dienone is 6. The minimum absolute atomic E-state index is 0.126. The minimum atomic E-state index is -0.974. The lowest BCUT2D eigenvalue weighted by atomic mass is 10.1. The van der Waals surface area contributed by atoms with E-state index in [2.05, 4.69) is 50.3 Å². The third-order valence-corrected chi connectivity index (χ3v) is 7.85. The van der Waals surface area contributed by atoms with Crippen LogP contribution >= 0.6 is 0 Å². The molecule has 0 aliphatic rings. The summed E-state index contributed by atoms with van der Waals surface area (Å²) in [6.07, 6.45) is 42.0. The molecule has 256 valence electrons. The summed E-state index contributed by atoms with van der Waals surface area (Å²) in [7, 11) is 0. The van der Waals surface area contributed by atoms with E-state index in [9.17, 15) is 14.7 Å². The van der Waals surface area contributed by atoms with E-state index in [-0.39, 0.29) is 25.2 Å². The van der Waals surface area contributed by atoms with Gasteiger partial charge in [-0.3, -0.25) is 9.59 Å². The molecule has 0 aromatic rings. The SMILES string of the molecule is CCCCC/C=C\C/C=C\CCCCCCCCCCCC(=O)OC[C@H](O)COC(=O)CCC/C=C\CCCCCCCC. The topological polar surface area (TPSA) is 72.8 Å². The molecule has 0 aliphatic carbocycles. The molecule has 0 amide bonds. The monoisotopic (exact) mass is 619 g/mol. The fourth-order valence-electron chi connectivity index (χ4n) is 5.00. The molecule has 0 spiro atoms. The van der Waals surface area contributed by atoms with Crippen LogP contribution in [0.5, 0.6) is 0 Å². The van der Waals surface area contributed by atoms with Crippen molar-refractivity contribution in [3.8, 4) is 0 Å². The van der Waals surface area contributed by atoms with Crippen molar-refractivity contribution in [1.82, 2.24) is 0 Å². The van der Waals surface area contributed by atoms with Crippen molar-refractivity contribution < 1.29 is 24.2 Å². The van der Waals surface area contributed by atoms with Gasteiger partial charge >= 0.3 is 11.9 Å². The second-order valence-corrected chi connectivity index (χ2v) is 12.3. The number of aliphatic hydroxyl groups excluding tert-OH is 1. The Morgan fingerprint density at radius 3 is 1.32 bits per heavy atom. The molecule has 1 N–H and O–H groups in total. The highest BCUT2D eigenvalue weighted by molar-refractivity contribution is 5.69. The molecular weight excluding hydrogens is 548 g/mol. The minimum Gasteiger partial charge on any atom is -0.463 e. The number of esters is 2. The number of ether oxygens (including phenoxy) is 2. The molecule has 0 unspecified atom stereocenters. The Kier molecular flexibility index (Phi) is 34.1. The van der Waals surface area contributed by atoms with Crippen molar-refractivity contribution in [2.45, 2.75) is 187 Å². The smallest absolute Gasteiger partial charge is 0.305 e. The van der Waals surface area contributed by atoms with Gasteiger partial charge in [-0.15, -0.1) is 0 Å². The molecule has 5 heteroatoms. The summed E-state index contributed by atoms with van der Waals surface area (Å²) in [5.74, 6) is -0.607. The van der Waals surface area contributed by atoms with E-state index in [4.69, 9.17) is 9.47 Å². The Morgan fingerprint density at radius 2 is 0.818 bits per heavy atom. The number of carbonyl (C=O) groups excluding carboxylic acids is 2. The van der Waals surface area contributed by atoms with Crippen molar-refractivity contribution in [2.24, 2.45) is 0 Å². The lowest BCUT2D eigenvalue weighted by Gasteiger charge is -2.12. The van der Waals surface area contributed by atoms with Crippen LogP contribution in [0.25, 0.3) is 0 Å². The molecule has 5 nitrogen and oxygen atoms in total. The van der Waals surface area contributed by atoms with E-state index in [1.807, 2.05) is 0 Å². The summed E-state index contributed by atoms with van der Waals surface area (Å²) in [6, 6.07) is 0. The van der Waals surface area contributed by atoms with E-state index in [1.54, 1.807) is 0 Å². The molecule has 0 rings (SSSR count). The van der Waals surface area contributed by atoms with Crippen molar-refractivity contribution >= 4 is 11.9 Å². The fourth-order valence-corrected chi connectivity index (χ4v) is 5.00. The zero-order chi connectivity index (χ0) is 32.2. The van der Waals surface area contributed by atoms with Gasteiger partial charge in [0.05, 0.1) is 0 Å². The van der Waals surface area contributed by atoms with Gasteiger partial charge in [-0.2, -0.15) is 0 Å². The summed E-state index contributed by atoms with van der Waals surface area (Å²) in [6.45, 7) is 4.22. The summed E-state index contributed by atoms with van der Waals surface area (Å²) in [4.78, 5) is 23.8. The molecular formula is C39H70O5. The average molecular weight is 619 g/mol. The van der Waals surface area contributed by atoms with Crippen LogP contribution in [-0.2, 0) is 19.1 Å². The van der Waals surface area contributed by atoms with Gasteiger partial charge in [0, 0.05) is 12.8 Å². The first-order chi connectivity index (χ1) is 21.6. The van der Waals surface area contributed by atoms with Gasteiger partial charge < -0.3 is 14.6 Å². The second-order valence-electron chi connectivity index (χ2n) is 12.3. The second kappa shape index (κ2) is 35.6. The molecule has 0 saturated carbocycles.